The van der Waals surface area contributed by atoms with Crippen molar-refractivity contribution in [1.29, 1.82) is 0 Å². The normalized spacial score (nSPS) is 18.0. The summed E-state index contributed by atoms with van der Waals surface area (Å²) in [5.41, 5.74) is -0.441. The molecule has 1 saturated heterocycles. The number of aliphatic hydroxyl groups is 1. The number of aromatic nitrogens is 1. The van der Waals surface area contributed by atoms with Crippen LogP contribution in [0.3, 0.4) is 0 Å². The summed E-state index contributed by atoms with van der Waals surface area (Å²) in [5, 5.41) is 23.5. The number of rotatable bonds is 4. The molecule has 0 radical (unpaired) electrons. The number of Topliss-reactive ketones (excluding diaryl/α,β-unsaturated/α-hetero) is 1. The van der Waals surface area contributed by atoms with E-state index in [1.807, 2.05) is 0 Å². The Morgan fingerprint density at radius 1 is 1.17 bits per heavy atom. The lowest BCUT2D eigenvalue weighted by Gasteiger charge is -2.23. The second kappa shape index (κ2) is 7.48. The third-order valence-electron chi connectivity index (χ3n) is 4.62. The molecule has 0 spiro atoms. The molecule has 1 amide bonds. The molecule has 1 aliphatic rings. The summed E-state index contributed by atoms with van der Waals surface area (Å²) in [6.45, 7) is 0. The van der Waals surface area contributed by atoms with Gasteiger partial charge in [0.15, 0.2) is 5.13 Å². The van der Waals surface area contributed by atoms with Crippen molar-refractivity contribution >= 4 is 39.6 Å². The summed E-state index contributed by atoms with van der Waals surface area (Å²) in [6, 6.07) is 9.18. The number of ketones is 1. The number of nitro groups is 1. The lowest BCUT2D eigenvalue weighted by Crippen LogP contribution is -2.29. The number of hydrogen-bond acceptors (Lipinski definition) is 7. The highest BCUT2D eigenvalue weighted by Gasteiger charge is 2.48. The summed E-state index contributed by atoms with van der Waals surface area (Å²) >= 11 is 1.09. The van der Waals surface area contributed by atoms with Gasteiger partial charge in [-0.25, -0.2) is 9.37 Å². The fourth-order valence-corrected chi connectivity index (χ4v) is 3.92. The Bertz CT molecular complexity index is 1190. The van der Waals surface area contributed by atoms with Crippen molar-refractivity contribution in [1.82, 2.24) is 4.98 Å². The molecule has 0 bridgehead atoms. The van der Waals surface area contributed by atoms with Gasteiger partial charge in [0.05, 0.1) is 10.5 Å². The van der Waals surface area contributed by atoms with E-state index in [4.69, 9.17) is 0 Å². The van der Waals surface area contributed by atoms with Crippen LogP contribution in [0.4, 0.5) is 15.2 Å². The quantitative estimate of drug-likeness (QED) is 0.224. The van der Waals surface area contributed by atoms with Gasteiger partial charge in [-0.3, -0.25) is 24.6 Å². The molecule has 0 saturated carbocycles. The Hall–Kier alpha value is -3.92. The molecule has 2 aromatic carbocycles. The smallest absolute Gasteiger partial charge is 0.301 e. The molecule has 1 N–H and O–H groups in total. The number of hydrogen-bond donors (Lipinski definition) is 1. The minimum Gasteiger partial charge on any atom is -0.507 e. The Labute approximate surface area is 172 Å². The van der Waals surface area contributed by atoms with Crippen LogP contribution < -0.4 is 4.90 Å². The predicted molar refractivity (Wildman–Crippen MR) is 106 cm³/mol. The molecule has 2 heterocycles. The maximum atomic E-state index is 14.6. The highest BCUT2D eigenvalue weighted by atomic mass is 32.1. The minimum atomic E-state index is -1.24. The Balaban J connectivity index is 1.93. The largest absolute Gasteiger partial charge is 0.507 e. The first-order chi connectivity index (χ1) is 14.4. The van der Waals surface area contributed by atoms with Crippen LogP contribution in [0.15, 0.2) is 65.7 Å². The van der Waals surface area contributed by atoms with Crippen LogP contribution in [0.1, 0.15) is 17.2 Å². The molecule has 10 heteroatoms. The van der Waals surface area contributed by atoms with Gasteiger partial charge in [-0.2, -0.15) is 0 Å². The van der Waals surface area contributed by atoms with Crippen molar-refractivity contribution in [2.45, 2.75) is 6.04 Å². The number of carbonyl (C=O) groups is 2. The van der Waals surface area contributed by atoms with Crippen molar-refractivity contribution in [3.63, 3.8) is 0 Å². The summed E-state index contributed by atoms with van der Waals surface area (Å²) in [6.07, 6.45) is 1.44. The Kier molecular flexibility index (Phi) is 4.84. The molecule has 1 fully saturated rings. The van der Waals surface area contributed by atoms with Crippen LogP contribution in [0.25, 0.3) is 5.76 Å². The van der Waals surface area contributed by atoms with Gasteiger partial charge in [-0.1, -0.05) is 18.2 Å². The fourth-order valence-electron chi connectivity index (χ4n) is 3.25. The average molecular weight is 425 g/mol. The van der Waals surface area contributed by atoms with Crippen LogP contribution in [0.2, 0.25) is 0 Å². The summed E-state index contributed by atoms with van der Waals surface area (Å²) in [4.78, 5) is 41.0. The maximum absolute atomic E-state index is 14.6. The van der Waals surface area contributed by atoms with E-state index in [9.17, 15) is 29.2 Å². The summed E-state index contributed by atoms with van der Waals surface area (Å²) in [7, 11) is 0. The second-order valence-electron chi connectivity index (χ2n) is 6.31. The molecule has 150 valence electrons. The fraction of sp³-hybridized carbons (Fsp3) is 0.0500. The zero-order valence-corrected chi connectivity index (χ0v) is 15.9. The van der Waals surface area contributed by atoms with Crippen LogP contribution in [0, 0.1) is 15.9 Å². The topological polar surface area (TPSA) is 114 Å². The standard InChI is InChI=1S/C20H12FN3O5S/c21-14-4-2-1-3-13(14)16-15(17(25)11-5-7-12(8-6-11)24(28)29)18(26)19(27)23(16)20-22-9-10-30-20/h1-10,16,25H. The van der Waals surface area contributed by atoms with Crippen LogP contribution in [0.5, 0.6) is 0 Å². The molecular weight excluding hydrogens is 413 g/mol. The lowest BCUT2D eigenvalue weighted by molar-refractivity contribution is -0.384. The van der Waals surface area contributed by atoms with E-state index in [2.05, 4.69) is 4.98 Å². The van der Waals surface area contributed by atoms with E-state index in [-0.39, 0.29) is 27.5 Å². The van der Waals surface area contributed by atoms with Gasteiger partial charge >= 0.3 is 5.91 Å². The first-order valence-electron chi connectivity index (χ1n) is 8.60. The number of nitro benzene ring substituents is 1. The van der Waals surface area contributed by atoms with Crippen molar-refractivity contribution < 1.29 is 24.0 Å². The van der Waals surface area contributed by atoms with Gasteiger partial charge in [0.1, 0.15) is 17.6 Å². The molecule has 3 aromatic rings. The Morgan fingerprint density at radius 3 is 2.47 bits per heavy atom. The molecule has 30 heavy (non-hydrogen) atoms. The van der Waals surface area contributed by atoms with E-state index in [1.54, 1.807) is 11.4 Å². The zero-order chi connectivity index (χ0) is 21.4. The third kappa shape index (κ3) is 3.12. The van der Waals surface area contributed by atoms with Gasteiger partial charge in [0.25, 0.3) is 11.5 Å². The van der Waals surface area contributed by atoms with Crippen LogP contribution >= 0.6 is 11.3 Å². The zero-order valence-electron chi connectivity index (χ0n) is 15.1. The van der Waals surface area contributed by atoms with Crippen LogP contribution in [-0.4, -0.2) is 26.7 Å². The summed E-state index contributed by atoms with van der Waals surface area (Å²) in [5.74, 6) is -3.19. The molecule has 1 aromatic heterocycles. The van der Waals surface area contributed by atoms with Crippen molar-refractivity contribution in [3.05, 3.63) is 92.7 Å². The van der Waals surface area contributed by atoms with Crippen molar-refractivity contribution in [2.75, 3.05) is 4.90 Å². The number of aliphatic hydroxyl groups excluding tert-OH is 1. The molecule has 1 aliphatic heterocycles. The van der Waals surface area contributed by atoms with Gasteiger partial charge in [-0.15, -0.1) is 11.3 Å². The maximum Gasteiger partial charge on any atom is 0.301 e. The Morgan fingerprint density at radius 2 is 1.87 bits per heavy atom. The molecule has 1 atom stereocenters. The number of benzene rings is 2. The van der Waals surface area contributed by atoms with E-state index < -0.39 is 34.2 Å². The van der Waals surface area contributed by atoms with Gasteiger partial charge in [0.2, 0.25) is 0 Å². The van der Waals surface area contributed by atoms with Crippen LogP contribution in [-0.2, 0) is 9.59 Å². The monoisotopic (exact) mass is 425 g/mol. The number of non-ortho nitro benzene ring substituents is 1. The number of halogens is 1. The number of nitrogens with zero attached hydrogens (tertiary/aromatic N) is 3. The highest BCUT2D eigenvalue weighted by Crippen LogP contribution is 2.43. The lowest BCUT2D eigenvalue weighted by atomic mass is 9.95. The summed E-state index contributed by atoms with van der Waals surface area (Å²) < 4.78 is 14.6. The van der Waals surface area contributed by atoms with Gasteiger partial charge in [-0.05, 0) is 18.2 Å². The van der Waals surface area contributed by atoms with E-state index in [1.165, 1.54) is 36.5 Å². The highest BCUT2D eigenvalue weighted by molar-refractivity contribution is 7.14. The van der Waals surface area contributed by atoms with E-state index in [0.29, 0.717) is 0 Å². The number of amides is 1. The molecular formula is C20H12FN3O5S. The average Bonchev–Trinajstić information content (AvgIpc) is 3.35. The number of thiazole rings is 1. The molecule has 1 unspecified atom stereocenters. The van der Waals surface area contributed by atoms with Crippen molar-refractivity contribution in [3.8, 4) is 0 Å². The van der Waals surface area contributed by atoms with E-state index in [0.717, 1.165) is 28.4 Å². The predicted octanol–water partition coefficient (Wildman–Crippen LogP) is 3.82. The first kappa shape index (κ1) is 19.4. The molecule has 0 aliphatic carbocycles. The number of carbonyl (C=O) groups excluding carboxylic acids is 2. The second-order valence-corrected chi connectivity index (χ2v) is 7.18. The van der Waals surface area contributed by atoms with E-state index >= 15 is 0 Å². The minimum absolute atomic E-state index is 0.00959. The third-order valence-corrected chi connectivity index (χ3v) is 5.39. The SMILES string of the molecule is O=C1C(=O)N(c2nccs2)C(c2ccccc2F)C1=C(O)c1ccc([N+](=O)[O-])cc1. The van der Waals surface area contributed by atoms with Gasteiger partial charge < -0.3 is 5.11 Å². The van der Waals surface area contributed by atoms with Gasteiger partial charge in [0, 0.05) is 34.8 Å². The molecule has 4 rings (SSSR count). The number of anilines is 1. The molecule has 8 nitrogen and oxygen atoms in total. The van der Waals surface area contributed by atoms with Crippen molar-refractivity contribution in [2.24, 2.45) is 0 Å². The first-order valence-corrected chi connectivity index (χ1v) is 9.48.